The van der Waals surface area contributed by atoms with Crippen LogP contribution in [0.15, 0.2) is 24.3 Å². The van der Waals surface area contributed by atoms with Crippen molar-refractivity contribution in [2.24, 2.45) is 5.92 Å². The van der Waals surface area contributed by atoms with Crippen molar-refractivity contribution in [2.45, 2.75) is 31.7 Å². The molecule has 0 bridgehead atoms. The Labute approximate surface area is 119 Å². The number of aromatic nitrogens is 1. The molecule has 3 heteroatoms. The van der Waals surface area contributed by atoms with Gasteiger partial charge in [0.05, 0.1) is 0 Å². The molecule has 2 aliphatic heterocycles. The van der Waals surface area contributed by atoms with Crippen LogP contribution in [-0.4, -0.2) is 24.7 Å². The van der Waals surface area contributed by atoms with E-state index in [4.69, 9.17) is 4.74 Å². The third-order valence-corrected chi connectivity index (χ3v) is 4.87. The summed E-state index contributed by atoms with van der Waals surface area (Å²) < 4.78 is 5.48. The molecular formula is C17H22N2O. The van der Waals surface area contributed by atoms with E-state index in [2.05, 4.69) is 34.6 Å². The average Bonchev–Trinajstić information content (AvgIpc) is 2.88. The molecule has 1 fully saturated rings. The maximum Gasteiger partial charge on any atom is 0.0478 e. The number of fused-ring (bicyclic) bond motifs is 3. The van der Waals surface area contributed by atoms with Crippen LogP contribution in [0.3, 0.4) is 0 Å². The standard InChI is InChI=1S/C17H22N2O/c1-2-4-15-13(3-1)14-5-8-18-16(17(14)19-15)11-12-6-9-20-10-7-12/h1-4,12,16,18-19H,5-11H2. The SMILES string of the molecule is c1ccc2c3c([nH]c2c1)C(CC1CCOCC1)NCC3. The number of H-pyrrole nitrogens is 1. The summed E-state index contributed by atoms with van der Waals surface area (Å²) in [4.78, 5) is 3.66. The predicted molar refractivity (Wildman–Crippen MR) is 80.9 cm³/mol. The van der Waals surface area contributed by atoms with Gasteiger partial charge in [0, 0.05) is 35.9 Å². The van der Waals surface area contributed by atoms with Crippen LogP contribution in [-0.2, 0) is 11.2 Å². The minimum absolute atomic E-state index is 0.495. The summed E-state index contributed by atoms with van der Waals surface area (Å²) in [6, 6.07) is 9.20. The summed E-state index contributed by atoms with van der Waals surface area (Å²) in [5, 5.41) is 5.13. The summed E-state index contributed by atoms with van der Waals surface area (Å²) in [6.07, 6.45) is 4.81. The van der Waals surface area contributed by atoms with E-state index in [1.807, 2.05) is 0 Å². The van der Waals surface area contributed by atoms with E-state index in [9.17, 15) is 0 Å². The van der Waals surface area contributed by atoms with Crippen molar-refractivity contribution >= 4 is 10.9 Å². The summed E-state index contributed by atoms with van der Waals surface area (Å²) in [7, 11) is 0. The minimum Gasteiger partial charge on any atom is -0.381 e. The molecule has 4 rings (SSSR count). The normalized spacial score (nSPS) is 23.9. The lowest BCUT2D eigenvalue weighted by Crippen LogP contribution is -2.32. The van der Waals surface area contributed by atoms with Crippen molar-refractivity contribution in [2.75, 3.05) is 19.8 Å². The van der Waals surface area contributed by atoms with E-state index in [1.54, 1.807) is 0 Å². The lowest BCUT2D eigenvalue weighted by molar-refractivity contribution is 0.0601. The molecule has 3 heterocycles. The molecule has 1 aromatic carbocycles. The first-order valence-corrected chi connectivity index (χ1v) is 7.82. The molecule has 0 amide bonds. The van der Waals surface area contributed by atoms with Crippen LogP contribution < -0.4 is 5.32 Å². The number of aromatic amines is 1. The molecule has 2 aromatic rings. The van der Waals surface area contributed by atoms with E-state index in [0.717, 1.165) is 32.1 Å². The van der Waals surface area contributed by atoms with Gasteiger partial charge in [0.15, 0.2) is 0 Å². The van der Waals surface area contributed by atoms with Crippen molar-refractivity contribution in [1.82, 2.24) is 10.3 Å². The minimum atomic E-state index is 0.495. The molecule has 0 radical (unpaired) electrons. The highest BCUT2D eigenvalue weighted by Crippen LogP contribution is 2.34. The summed E-state index contributed by atoms with van der Waals surface area (Å²) in [6.45, 7) is 2.98. The van der Waals surface area contributed by atoms with Crippen LogP contribution in [0, 0.1) is 5.92 Å². The molecule has 1 unspecified atom stereocenters. The summed E-state index contributed by atoms with van der Waals surface area (Å²) in [5.41, 5.74) is 4.26. The zero-order valence-electron chi connectivity index (χ0n) is 11.8. The van der Waals surface area contributed by atoms with Gasteiger partial charge in [0.2, 0.25) is 0 Å². The highest BCUT2D eigenvalue weighted by Gasteiger charge is 2.26. The third-order valence-electron chi connectivity index (χ3n) is 4.87. The highest BCUT2D eigenvalue weighted by molar-refractivity contribution is 5.85. The van der Waals surface area contributed by atoms with Crippen LogP contribution in [0.4, 0.5) is 0 Å². The first-order valence-electron chi connectivity index (χ1n) is 7.82. The van der Waals surface area contributed by atoms with Gasteiger partial charge < -0.3 is 15.0 Å². The molecule has 3 nitrogen and oxygen atoms in total. The smallest absolute Gasteiger partial charge is 0.0478 e. The van der Waals surface area contributed by atoms with Crippen LogP contribution in [0.1, 0.15) is 36.6 Å². The third kappa shape index (κ3) is 2.15. The van der Waals surface area contributed by atoms with Crippen LogP contribution in [0.5, 0.6) is 0 Å². The Morgan fingerprint density at radius 2 is 2.00 bits per heavy atom. The van der Waals surface area contributed by atoms with Gasteiger partial charge >= 0.3 is 0 Å². The molecule has 106 valence electrons. The topological polar surface area (TPSA) is 37.0 Å². The quantitative estimate of drug-likeness (QED) is 0.879. The van der Waals surface area contributed by atoms with E-state index in [0.29, 0.717) is 6.04 Å². The van der Waals surface area contributed by atoms with Gasteiger partial charge in [-0.15, -0.1) is 0 Å². The van der Waals surface area contributed by atoms with Gasteiger partial charge in [0.25, 0.3) is 0 Å². The number of ether oxygens (including phenoxy) is 1. The van der Waals surface area contributed by atoms with Crippen molar-refractivity contribution in [3.05, 3.63) is 35.5 Å². The monoisotopic (exact) mass is 270 g/mol. The molecule has 1 atom stereocenters. The van der Waals surface area contributed by atoms with Gasteiger partial charge in [-0.3, -0.25) is 0 Å². The highest BCUT2D eigenvalue weighted by atomic mass is 16.5. The van der Waals surface area contributed by atoms with Gasteiger partial charge in [-0.25, -0.2) is 0 Å². The van der Waals surface area contributed by atoms with Crippen molar-refractivity contribution in [3.63, 3.8) is 0 Å². The Balaban J connectivity index is 1.63. The fourth-order valence-corrected chi connectivity index (χ4v) is 3.78. The van der Waals surface area contributed by atoms with E-state index < -0.39 is 0 Å². The molecule has 2 aliphatic rings. The van der Waals surface area contributed by atoms with Crippen molar-refractivity contribution in [1.29, 1.82) is 0 Å². The molecule has 1 saturated heterocycles. The summed E-state index contributed by atoms with van der Waals surface area (Å²) >= 11 is 0. The lowest BCUT2D eigenvalue weighted by Gasteiger charge is -2.30. The molecule has 0 spiro atoms. The maximum absolute atomic E-state index is 5.48. The molecule has 20 heavy (non-hydrogen) atoms. The van der Waals surface area contributed by atoms with Gasteiger partial charge in [-0.05, 0) is 49.8 Å². The Hall–Kier alpha value is -1.32. The summed E-state index contributed by atoms with van der Waals surface area (Å²) in [5.74, 6) is 0.804. The molecular weight excluding hydrogens is 248 g/mol. The largest absolute Gasteiger partial charge is 0.381 e. The Morgan fingerprint density at radius 3 is 2.90 bits per heavy atom. The number of hydrogen-bond donors (Lipinski definition) is 2. The zero-order chi connectivity index (χ0) is 13.4. The second kappa shape index (κ2) is 5.23. The number of rotatable bonds is 2. The van der Waals surface area contributed by atoms with Gasteiger partial charge in [0.1, 0.15) is 0 Å². The number of hydrogen-bond acceptors (Lipinski definition) is 2. The molecule has 2 N–H and O–H groups in total. The van der Waals surface area contributed by atoms with Crippen LogP contribution in [0.2, 0.25) is 0 Å². The van der Waals surface area contributed by atoms with Crippen LogP contribution in [0.25, 0.3) is 10.9 Å². The molecule has 0 aliphatic carbocycles. The first-order chi connectivity index (χ1) is 9.92. The van der Waals surface area contributed by atoms with Crippen LogP contribution >= 0.6 is 0 Å². The average molecular weight is 270 g/mol. The Morgan fingerprint density at radius 1 is 1.15 bits per heavy atom. The fourth-order valence-electron chi connectivity index (χ4n) is 3.78. The Bertz CT molecular complexity index is 598. The number of benzene rings is 1. The predicted octanol–water partition coefficient (Wildman–Crippen LogP) is 3.17. The van der Waals surface area contributed by atoms with E-state index in [1.165, 1.54) is 41.4 Å². The van der Waals surface area contributed by atoms with E-state index >= 15 is 0 Å². The zero-order valence-corrected chi connectivity index (χ0v) is 11.8. The van der Waals surface area contributed by atoms with Gasteiger partial charge in [-0.1, -0.05) is 18.2 Å². The van der Waals surface area contributed by atoms with Crippen molar-refractivity contribution in [3.8, 4) is 0 Å². The molecule has 1 aromatic heterocycles. The number of para-hydroxylation sites is 1. The number of nitrogens with one attached hydrogen (secondary N) is 2. The fraction of sp³-hybridized carbons (Fsp3) is 0.529. The second-order valence-electron chi connectivity index (χ2n) is 6.11. The first kappa shape index (κ1) is 12.4. The molecule has 0 saturated carbocycles. The van der Waals surface area contributed by atoms with Crippen molar-refractivity contribution < 1.29 is 4.74 Å². The van der Waals surface area contributed by atoms with E-state index in [-0.39, 0.29) is 0 Å². The lowest BCUT2D eigenvalue weighted by atomic mass is 9.88. The second-order valence-corrected chi connectivity index (χ2v) is 6.11. The Kier molecular flexibility index (Phi) is 3.25. The van der Waals surface area contributed by atoms with Gasteiger partial charge in [-0.2, -0.15) is 0 Å². The maximum atomic E-state index is 5.48.